The predicted octanol–water partition coefficient (Wildman–Crippen LogP) is 4.63. The van der Waals surface area contributed by atoms with Crippen LogP contribution in [0.3, 0.4) is 0 Å². The Bertz CT molecular complexity index is 1330. The molecule has 174 valence electrons. The van der Waals surface area contributed by atoms with Crippen LogP contribution < -0.4 is 9.73 Å². The van der Waals surface area contributed by atoms with Gasteiger partial charge in [0.25, 0.3) is 5.91 Å². The Kier molecular flexibility index (Phi) is 7.51. The molecule has 0 bridgehead atoms. The third-order valence-corrected chi connectivity index (χ3v) is 6.88. The number of benzene rings is 2. The Morgan fingerprint density at radius 3 is 2.45 bits per heavy atom. The lowest BCUT2D eigenvalue weighted by Crippen LogP contribution is -2.39. The SMILES string of the molecule is Cc1cccc(N(CC(=O)N/N=C\c2cc(C)n(-c3ccc(Cl)c(Cl)c3)c2C)S(C)(=O)=O)c1. The molecule has 33 heavy (non-hydrogen) atoms. The fourth-order valence-corrected chi connectivity index (χ4v) is 4.60. The van der Waals surface area contributed by atoms with Gasteiger partial charge in [-0.15, -0.1) is 0 Å². The van der Waals surface area contributed by atoms with Crippen LogP contribution in [-0.2, 0) is 14.8 Å². The van der Waals surface area contributed by atoms with E-state index in [1.54, 1.807) is 30.3 Å². The van der Waals surface area contributed by atoms with Gasteiger partial charge < -0.3 is 4.57 Å². The molecular formula is C23H24Cl2N4O3S. The Morgan fingerprint density at radius 2 is 1.82 bits per heavy atom. The van der Waals surface area contributed by atoms with E-state index in [2.05, 4.69) is 10.5 Å². The highest BCUT2D eigenvalue weighted by Gasteiger charge is 2.20. The van der Waals surface area contributed by atoms with E-state index in [0.29, 0.717) is 15.7 Å². The van der Waals surface area contributed by atoms with Gasteiger partial charge in [0.2, 0.25) is 10.0 Å². The number of anilines is 1. The lowest BCUT2D eigenvalue weighted by Gasteiger charge is -2.21. The van der Waals surface area contributed by atoms with Crippen molar-refractivity contribution in [1.29, 1.82) is 0 Å². The van der Waals surface area contributed by atoms with Crippen molar-refractivity contribution in [2.45, 2.75) is 20.8 Å². The molecule has 0 unspecified atom stereocenters. The number of hydrazone groups is 1. The lowest BCUT2D eigenvalue weighted by molar-refractivity contribution is -0.119. The summed E-state index contributed by atoms with van der Waals surface area (Å²) in [7, 11) is -3.66. The van der Waals surface area contributed by atoms with Crippen molar-refractivity contribution in [3.05, 3.63) is 81.1 Å². The summed E-state index contributed by atoms with van der Waals surface area (Å²) in [5, 5.41) is 4.95. The van der Waals surface area contributed by atoms with Crippen LogP contribution in [0.5, 0.6) is 0 Å². The van der Waals surface area contributed by atoms with E-state index in [4.69, 9.17) is 23.2 Å². The van der Waals surface area contributed by atoms with Crippen LogP contribution >= 0.6 is 23.2 Å². The molecule has 3 aromatic rings. The number of hydrogen-bond acceptors (Lipinski definition) is 4. The molecule has 0 aliphatic rings. The molecule has 1 aromatic heterocycles. The lowest BCUT2D eigenvalue weighted by atomic mass is 10.2. The average molecular weight is 507 g/mol. The summed E-state index contributed by atoms with van der Waals surface area (Å²) in [5.41, 5.74) is 7.19. The van der Waals surface area contributed by atoms with Crippen LogP contribution in [0.2, 0.25) is 10.0 Å². The van der Waals surface area contributed by atoms with Gasteiger partial charge in [-0.1, -0.05) is 35.3 Å². The van der Waals surface area contributed by atoms with E-state index >= 15 is 0 Å². The second kappa shape index (κ2) is 9.99. The monoisotopic (exact) mass is 506 g/mol. The van der Waals surface area contributed by atoms with Crippen molar-refractivity contribution in [2.24, 2.45) is 5.10 Å². The van der Waals surface area contributed by atoms with Crippen LogP contribution in [0.25, 0.3) is 5.69 Å². The number of carbonyl (C=O) groups excluding carboxylic acids is 1. The first-order valence-corrected chi connectivity index (χ1v) is 12.6. The van der Waals surface area contributed by atoms with E-state index < -0.39 is 15.9 Å². The van der Waals surface area contributed by atoms with Crippen molar-refractivity contribution in [3.8, 4) is 5.69 Å². The zero-order chi connectivity index (χ0) is 24.3. The highest BCUT2D eigenvalue weighted by molar-refractivity contribution is 7.92. The standard InChI is InChI=1S/C23H24Cl2N4O3S/c1-15-6-5-7-19(10-15)28(33(4,31)32)14-23(30)27-26-13-18-11-16(2)29(17(18)3)20-8-9-21(24)22(25)12-20/h5-13H,14H2,1-4H3,(H,27,30)/b26-13-. The van der Waals surface area contributed by atoms with Gasteiger partial charge in [-0.25, -0.2) is 13.8 Å². The number of carbonyl (C=O) groups is 1. The quantitative estimate of drug-likeness (QED) is 0.374. The number of nitrogens with zero attached hydrogens (tertiary/aromatic N) is 3. The summed E-state index contributed by atoms with van der Waals surface area (Å²) >= 11 is 12.2. The van der Waals surface area contributed by atoms with Gasteiger partial charge in [0.05, 0.1) is 28.2 Å². The number of aromatic nitrogens is 1. The van der Waals surface area contributed by atoms with E-state index in [9.17, 15) is 13.2 Å². The molecule has 1 amide bonds. The summed E-state index contributed by atoms with van der Waals surface area (Å²) in [4.78, 5) is 12.4. The second-order valence-electron chi connectivity index (χ2n) is 7.66. The second-order valence-corrected chi connectivity index (χ2v) is 10.4. The fraction of sp³-hybridized carbons (Fsp3) is 0.217. The van der Waals surface area contributed by atoms with Crippen LogP contribution in [0.1, 0.15) is 22.5 Å². The van der Waals surface area contributed by atoms with E-state index in [1.165, 1.54) is 6.21 Å². The minimum Gasteiger partial charge on any atom is -0.318 e. The largest absolute Gasteiger partial charge is 0.318 e. The molecule has 0 aliphatic carbocycles. The molecule has 3 rings (SSSR count). The molecule has 0 atom stereocenters. The molecule has 0 saturated carbocycles. The van der Waals surface area contributed by atoms with Crippen molar-refractivity contribution in [1.82, 2.24) is 9.99 Å². The summed E-state index contributed by atoms with van der Waals surface area (Å²) in [6, 6.07) is 14.2. The minimum absolute atomic E-state index is 0.387. The minimum atomic E-state index is -3.66. The maximum absolute atomic E-state index is 12.4. The maximum Gasteiger partial charge on any atom is 0.260 e. The number of amides is 1. The van der Waals surface area contributed by atoms with Crippen LogP contribution in [0.15, 0.2) is 53.6 Å². The van der Waals surface area contributed by atoms with Gasteiger partial charge in [0, 0.05) is 22.6 Å². The Hall–Kier alpha value is -2.81. The highest BCUT2D eigenvalue weighted by atomic mass is 35.5. The summed E-state index contributed by atoms with van der Waals surface area (Å²) in [6.07, 6.45) is 2.58. The van der Waals surface area contributed by atoms with Gasteiger partial charge >= 0.3 is 0 Å². The maximum atomic E-state index is 12.4. The molecule has 10 heteroatoms. The molecule has 7 nitrogen and oxygen atoms in total. The molecule has 0 aliphatic heterocycles. The molecule has 1 heterocycles. The first-order chi connectivity index (χ1) is 15.5. The van der Waals surface area contributed by atoms with Crippen molar-refractivity contribution in [3.63, 3.8) is 0 Å². The average Bonchev–Trinajstić information content (AvgIpc) is 3.00. The van der Waals surface area contributed by atoms with Crippen molar-refractivity contribution >= 4 is 51.0 Å². The zero-order valence-electron chi connectivity index (χ0n) is 18.6. The van der Waals surface area contributed by atoms with Gasteiger partial charge in [0.15, 0.2) is 0 Å². The molecule has 2 aromatic carbocycles. The highest BCUT2D eigenvalue weighted by Crippen LogP contribution is 2.27. The van der Waals surface area contributed by atoms with Crippen molar-refractivity contribution in [2.75, 3.05) is 17.1 Å². The molecule has 1 N–H and O–H groups in total. The molecule has 0 radical (unpaired) electrons. The molecule has 0 saturated heterocycles. The normalized spacial score (nSPS) is 11.7. The number of rotatable bonds is 7. The smallest absolute Gasteiger partial charge is 0.260 e. The van der Waals surface area contributed by atoms with Crippen molar-refractivity contribution < 1.29 is 13.2 Å². The fourth-order valence-electron chi connectivity index (χ4n) is 3.46. The molecule has 0 spiro atoms. The van der Waals surface area contributed by atoms with E-state index in [1.807, 2.05) is 43.5 Å². The Balaban J connectivity index is 1.75. The Morgan fingerprint density at radius 1 is 1.09 bits per heavy atom. The number of nitrogens with one attached hydrogen (secondary N) is 1. The summed E-state index contributed by atoms with van der Waals surface area (Å²) in [5.74, 6) is -0.559. The molecular weight excluding hydrogens is 483 g/mol. The first kappa shape index (κ1) is 24.8. The third-order valence-electron chi connectivity index (χ3n) is 5.00. The van der Waals surface area contributed by atoms with Crippen LogP contribution in [-0.4, -0.2) is 37.9 Å². The topological polar surface area (TPSA) is 83.8 Å². The van der Waals surface area contributed by atoms with Gasteiger partial charge in [0.1, 0.15) is 6.54 Å². The van der Waals surface area contributed by atoms with Crippen LogP contribution in [0, 0.1) is 20.8 Å². The zero-order valence-corrected chi connectivity index (χ0v) is 21.0. The van der Waals surface area contributed by atoms with Gasteiger partial charge in [-0.05, 0) is 62.7 Å². The number of hydrogen-bond donors (Lipinski definition) is 1. The predicted molar refractivity (Wildman–Crippen MR) is 134 cm³/mol. The van der Waals surface area contributed by atoms with Crippen LogP contribution in [0.4, 0.5) is 5.69 Å². The third kappa shape index (κ3) is 5.96. The summed E-state index contributed by atoms with van der Waals surface area (Å²) < 4.78 is 27.5. The van der Waals surface area contributed by atoms with Gasteiger partial charge in [-0.3, -0.25) is 9.10 Å². The van der Waals surface area contributed by atoms with E-state index in [0.717, 1.165) is 38.8 Å². The van der Waals surface area contributed by atoms with E-state index in [-0.39, 0.29) is 6.54 Å². The first-order valence-electron chi connectivity index (χ1n) is 9.98. The molecule has 0 fully saturated rings. The number of halogens is 2. The van der Waals surface area contributed by atoms with Gasteiger partial charge in [-0.2, -0.15) is 5.10 Å². The Labute approximate surface area is 203 Å². The number of sulfonamides is 1. The number of aryl methyl sites for hydroxylation is 2. The summed E-state index contributed by atoms with van der Waals surface area (Å²) in [6.45, 7) is 5.32.